The predicted molar refractivity (Wildman–Crippen MR) is 87.4 cm³/mol. The largest absolute Gasteiger partial charge is 0.493 e. The summed E-state index contributed by atoms with van der Waals surface area (Å²) in [6.45, 7) is 5.57. The Morgan fingerprint density at radius 3 is 2.26 bits per heavy atom. The maximum absolute atomic E-state index is 11.3. The SMILES string of the molecule is C=C(C)c1ccc(Oc2ccc(OC)c(OC)c2)c([N+](=O)[O-])c1. The quantitative estimate of drug-likeness (QED) is 0.582. The average Bonchev–Trinajstić information content (AvgIpc) is 2.54. The molecule has 2 rings (SSSR count). The van der Waals surface area contributed by atoms with Gasteiger partial charge in [-0.05, 0) is 30.7 Å². The lowest BCUT2D eigenvalue weighted by atomic mass is 10.1. The molecule has 0 heterocycles. The Hall–Kier alpha value is -3.02. The Labute approximate surface area is 134 Å². The second-order valence-electron chi connectivity index (χ2n) is 4.84. The van der Waals surface area contributed by atoms with Crippen LogP contribution >= 0.6 is 0 Å². The van der Waals surface area contributed by atoms with E-state index in [1.165, 1.54) is 20.3 Å². The zero-order chi connectivity index (χ0) is 17.0. The Morgan fingerprint density at radius 1 is 1.04 bits per heavy atom. The molecule has 6 heteroatoms. The molecule has 2 aromatic rings. The van der Waals surface area contributed by atoms with Crippen LogP contribution in [-0.4, -0.2) is 19.1 Å². The van der Waals surface area contributed by atoms with Gasteiger partial charge in [0.1, 0.15) is 5.75 Å². The number of nitro groups is 1. The van der Waals surface area contributed by atoms with Crippen molar-refractivity contribution in [3.05, 3.63) is 58.7 Å². The van der Waals surface area contributed by atoms with Gasteiger partial charge in [0.05, 0.1) is 19.1 Å². The predicted octanol–water partition coefficient (Wildman–Crippen LogP) is 4.44. The van der Waals surface area contributed by atoms with Crippen molar-refractivity contribution in [3.8, 4) is 23.0 Å². The highest BCUT2D eigenvalue weighted by Gasteiger charge is 2.17. The molecular formula is C17H17NO5. The van der Waals surface area contributed by atoms with Gasteiger partial charge in [-0.3, -0.25) is 10.1 Å². The zero-order valence-electron chi connectivity index (χ0n) is 13.2. The molecule has 0 N–H and O–H groups in total. The van der Waals surface area contributed by atoms with Crippen LogP contribution in [0.4, 0.5) is 5.69 Å². The van der Waals surface area contributed by atoms with E-state index in [4.69, 9.17) is 14.2 Å². The Bertz CT molecular complexity index is 755. The van der Waals surface area contributed by atoms with Gasteiger partial charge in [0.2, 0.25) is 5.75 Å². The van der Waals surface area contributed by atoms with Crippen molar-refractivity contribution < 1.29 is 19.1 Å². The van der Waals surface area contributed by atoms with Gasteiger partial charge in [0, 0.05) is 12.1 Å². The molecule has 0 aromatic heterocycles. The lowest BCUT2D eigenvalue weighted by Crippen LogP contribution is -1.96. The summed E-state index contributed by atoms with van der Waals surface area (Å²) in [4.78, 5) is 10.8. The number of nitro benzene ring substituents is 1. The van der Waals surface area contributed by atoms with Crippen molar-refractivity contribution in [3.63, 3.8) is 0 Å². The number of nitrogens with zero attached hydrogens (tertiary/aromatic N) is 1. The van der Waals surface area contributed by atoms with Gasteiger partial charge in [-0.25, -0.2) is 0 Å². The van der Waals surface area contributed by atoms with E-state index >= 15 is 0 Å². The van der Waals surface area contributed by atoms with Crippen LogP contribution in [0.5, 0.6) is 23.0 Å². The summed E-state index contributed by atoms with van der Waals surface area (Å²) in [6.07, 6.45) is 0. The fourth-order valence-electron chi connectivity index (χ4n) is 2.02. The van der Waals surface area contributed by atoms with E-state index in [1.54, 1.807) is 37.3 Å². The van der Waals surface area contributed by atoms with Gasteiger partial charge in [-0.2, -0.15) is 0 Å². The molecule has 0 bridgehead atoms. The van der Waals surface area contributed by atoms with Crippen LogP contribution in [0.3, 0.4) is 0 Å². The summed E-state index contributed by atoms with van der Waals surface area (Å²) in [5.41, 5.74) is 1.31. The summed E-state index contributed by atoms with van der Waals surface area (Å²) in [7, 11) is 3.03. The molecule has 0 aliphatic carbocycles. The zero-order valence-corrected chi connectivity index (χ0v) is 13.2. The second-order valence-corrected chi connectivity index (χ2v) is 4.84. The van der Waals surface area contributed by atoms with Gasteiger partial charge in [0.25, 0.3) is 0 Å². The molecule has 0 fully saturated rings. The van der Waals surface area contributed by atoms with Crippen LogP contribution in [0.2, 0.25) is 0 Å². The van der Waals surface area contributed by atoms with Crippen molar-refractivity contribution in [1.82, 2.24) is 0 Å². The average molecular weight is 315 g/mol. The highest BCUT2D eigenvalue weighted by atomic mass is 16.6. The number of rotatable bonds is 6. The Balaban J connectivity index is 2.40. The van der Waals surface area contributed by atoms with Crippen LogP contribution < -0.4 is 14.2 Å². The van der Waals surface area contributed by atoms with Gasteiger partial charge in [0.15, 0.2) is 11.5 Å². The standard InChI is InChI=1S/C17H17NO5/c1-11(2)12-5-7-15(14(9-12)18(19)20)23-13-6-8-16(21-3)17(10-13)22-4/h5-10H,1H2,2-4H3. The highest BCUT2D eigenvalue weighted by molar-refractivity contribution is 5.66. The van der Waals surface area contributed by atoms with E-state index in [2.05, 4.69) is 6.58 Å². The van der Waals surface area contributed by atoms with Crippen LogP contribution in [-0.2, 0) is 0 Å². The minimum Gasteiger partial charge on any atom is -0.493 e. The van der Waals surface area contributed by atoms with E-state index in [0.29, 0.717) is 22.8 Å². The lowest BCUT2D eigenvalue weighted by molar-refractivity contribution is -0.385. The summed E-state index contributed by atoms with van der Waals surface area (Å²) in [6, 6.07) is 9.65. The summed E-state index contributed by atoms with van der Waals surface area (Å²) < 4.78 is 16.0. The number of ether oxygens (including phenoxy) is 3. The van der Waals surface area contributed by atoms with E-state index in [9.17, 15) is 10.1 Å². The third kappa shape index (κ3) is 3.60. The summed E-state index contributed by atoms with van der Waals surface area (Å²) >= 11 is 0. The van der Waals surface area contributed by atoms with Gasteiger partial charge < -0.3 is 14.2 Å². The monoisotopic (exact) mass is 315 g/mol. The summed E-state index contributed by atoms with van der Waals surface area (Å²) in [5, 5.41) is 11.3. The molecule has 2 aromatic carbocycles. The first kappa shape index (κ1) is 16.4. The molecule has 6 nitrogen and oxygen atoms in total. The maximum atomic E-state index is 11.3. The van der Waals surface area contributed by atoms with Gasteiger partial charge in [-0.1, -0.05) is 18.2 Å². The lowest BCUT2D eigenvalue weighted by Gasteiger charge is -2.11. The van der Waals surface area contributed by atoms with E-state index < -0.39 is 4.92 Å². The maximum Gasteiger partial charge on any atom is 0.312 e. The first-order valence-corrected chi connectivity index (χ1v) is 6.80. The first-order chi connectivity index (χ1) is 11.0. The molecule has 0 spiro atoms. The summed E-state index contributed by atoms with van der Waals surface area (Å²) in [5.74, 6) is 1.58. The van der Waals surface area contributed by atoms with E-state index in [1.807, 2.05) is 0 Å². The number of methoxy groups -OCH3 is 2. The number of benzene rings is 2. The molecule has 23 heavy (non-hydrogen) atoms. The van der Waals surface area contributed by atoms with Crippen LogP contribution in [0.15, 0.2) is 43.0 Å². The normalized spacial score (nSPS) is 10.0. The van der Waals surface area contributed by atoms with Crippen LogP contribution in [0, 0.1) is 10.1 Å². The van der Waals surface area contributed by atoms with Crippen molar-refractivity contribution in [2.24, 2.45) is 0 Å². The van der Waals surface area contributed by atoms with Gasteiger partial charge in [-0.15, -0.1) is 0 Å². The fourth-order valence-corrected chi connectivity index (χ4v) is 2.02. The smallest absolute Gasteiger partial charge is 0.312 e. The molecule has 0 radical (unpaired) electrons. The van der Waals surface area contributed by atoms with Crippen molar-refractivity contribution in [2.75, 3.05) is 14.2 Å². The first-order valence-electron chi connectivity index (χ1n) is 6.80. The molecule has 0 saturated carbocycles. The third-order valence-electron chi connectivity index (χ3n) is 3.23. The number of allylic oxidation sites excluding steroid dienone is 1. The van der Waals surface area contributed by atoms with Crippen molar-refractivity contribution >= 4 is 11.3 Å². The minimum absolute atomic E-state index is 0.125. The van der Waals surface area contributed by atoms with Gasteiger partial charge >= 0.3 is 5.69 Å². The van der Waals surface area contributed by atoms with Crippen molar-refractivity contribution in [1.29, 1.82) is 0 Å². The minimum atomic E-state index is -0.484. The molecule has 0 aliphatic rings. The Kier molecular flexibility index (Phi) is 4.85. The molecular weight excluding hydrogens is 298 g/mol. The molecule has 0 unspecified atom stereocenters. The highest BCUT2D eigenvalue weighted by Crippen LogP contribution is 2.37. The molecule has 120 valence electrons. The topological polar surface area (TPSA) is 70.8 Å². The van der Waals surface area contributed by atoms with E-state index in [-0.39, 0.29) is 11.4 Å². The Morgan fingerprint density at radius 2 is 1.70 bits per heavy atom. The number of hydrogen-bond acceptors (Lipinski definition) is 5. The van der Waals surface area contributed by atoms with E-state index in [0.717, 1.165) is 5.57 Å². The van der Waals surface area contributed by atoms with Crippen LogP contribution in [0.1, 0.15) is 12.5 Å². The molecule has 0 atom stereocenters. The van der Waals surface area contributed by atoms with Crippen molar-refractivity contribution in [2.45, 2.75) is 6.92 Å². The molecule has 0 aliphatic heterocycles. The molecule has 0 amide bonds. The molecule has 0 saturated heterocycles. The number of hydrogen-bond donors (Lipinski definition) is 0. The third-order valence-corrected chi connectivity index (χ3v) is 3.23. The fraction of sp³-hybridized carbons (Fsp3) is 0.176. The second kappa shape index (κ2) is 6.83. The van der Waals surface area contributed by atoms with Crippen LogP contribution in [0.25, 0.3) is 5.57 Å².